The van der Waals surface area contributed by atoms with Gasteiger partial charge >= 0.3 is 0 Å². The number of piperidine rings is 1. The zero-order valence-electron chi connectivity index (χ0n) is 18.6. The summed E-state index contributed by atoms with van der Waals surface area (Å²) in [5.41, 5.74) is 6.33. The predicted octanol–water partition coefficient (Wildman–Crippen LogP) is 0.186. The Labute approximate surface area is 183 Å². The van der Waals surface area contributed by atoms with Gasteiger partial charge in [-0.2, -0.15) is 0 Å². The molecule has 9 heteroatoms. The number of alkyl halides is 1. The van der Waals surface area contributed by atoms with Crippen molar-refractivity contribution in [3.8, 4) is 0 Å². The summed E-state index contributed by atoms with van der Waals surface area (Å²) < 4.78 is 19.7. The minimum Gasteiger partial charge on any atom is -0.382 e. The van der Waals surface area contributed by atoms with Gasteiger partial charge in [0.05, 0.1) is 18.2 Å². The van der Waals surface area contributed by atoms with E-state index in [2.05, 4.69) is 16.2 Å². The molecule has 7 atom stereocenters. The van der Waals surface area contributed by atoms with Gasteiger partial charge in [-0.05, 0) is 44.4 Å². The minimum atomic E-state index is -0.843. The van der Waals surface area contributed by atoms with Gasteiger partial charge in [0.15, 0.2) is 0 Å². The second kappa shape index (κ2) is 8.24. The number of hydrazine groups is 1. The first-order valence-corrected chi connectivity index (χ1v) is 11.9. The quantitative estimate of drug-likeness (QED) is 0.569. The molecular formula is C22H36FN5O3. The summed E-state index contributed by atoms with van der Waals surface area (Å²) in [5, 5.41) is 3.31. The molecule has 0 radical (unpaired) electrons. The molecule has 174 valence electrons. The number of carbonyl (C=O) groups is 2. The van der Waals surface area contributed by atoms with Crippen molar-refractivity contribution in [2.75, 3.05) is 33.9 Å². The van der Waals surface area contributed by atoms with Crippen LogP contribution in [0.3, 0.4) is 0 Å². The second-order valence-electron chi connectivity index (χ2n) is 10.4. The highest BCUT2D eigenvalue weighted by Crippen LogP contribution is 2.42. The molecule has 7 unspecified atom stereocenters. The fraction of sp³-hybridized carbons (Fsp3) is 0.909. The third kappa shape index (κ3) is 3.77. The Balaban J connectivity index is 1.23. The largest absolute Gasteiger partial charge is 0.382 e. The van der Waals surface area contributed by atoms with E-state index >= 15 is 0 Å². The number of hydrogen-bond donors (Lipinski definition) is 3. The summed E-state index contributed by atoms with van der Waals surface area (Å²) in [5.74, 6) is 0.436. The Morgan fingerprint density at radius 2 is 2.03 bits per heavy atom. The number of methoxy groups -OCH3 is 1. The number of ether oxygens (including phenoxy) is 1. The van der Waals surface area contributed by atoms with Gasteiger partial charge in [-0.25, -0.2) is 9.82 Å². The van der Waals surface area contributed by atoms with Crippen LogP contribution in [0.2, 0.25) is 0 Å². The van der Waals surface area contributed by atoms with Crippen LogP contribution in [0.4, 0.5) is 4.39 Å². The highest BCUT2D eigenvalue weighted by molar-refractivity contribution is 5.85. The zero-order valence-corrected chi connectivity index (χ0v) is 18.6. The van der Waals surface area contributed by atoms with Crippen LogP contribution in [0.25, 0.3) is 0 Å². The fourth-order valence-electron chi connectivity index (χ4n) is 6.41. The number of likely N-dealkylation sites (N-methyl/N-ethyl adjacent to an activating group) is 1. The highest BCUT2D eigenvalue weighted by atomic mass is 19.1. The molecule has 2 saturated carbocycles. The maximum Gasteiger partial charge on any atom is 0.241 e. The summed E-state index contributed by atoms with van der Waals surface area (Å²) in [6.07, 6.45) is 5.15. The van der Waals surface area contributed by atoms with Gasteiger partial charge in [0.2, 0.25) is 11.8 Å². The predicted molar refractivity (Wildman–Crippen MR) is 113 cm³/mol. The lowest BCUT2D eigenvalue weighted by molar-refractivity contribution is -0.140. The van der Waals surface area contributed by atoms with Gasteiger partial charge in [-0.15, -0.1) is 0 Å². The number of amides is 2. The van der Waals surface area contributed by atoms with Crippen LogP contribution in [0, 0.1) is 11.8 Å². The standard InChI is InChI=1S/C22H36FN5O3/c1-27(22(7-8-22)12-31-2)21(30)19-14-11-28(9-6-16(14)25-26-19)20(29)17-10-13-4-3-5-15(23)18(13)24-17/h13-19,24-26H,3-12H2,1-2H3. The molecule has 31 heavy (non-hydrogen) atoms. The van der Waals surface area contributed by atoms with Crippen LogP contribution in [0.5, 0.6) is 0 Å². The monoisotopic (exact) mass is 437 g/mol. The third-order valence-electron chi connectivity index (χ3n) is 8.55. The lowest BCUT2D eigenvalue weighted by Gasteiger charge is -2.38. The normalized spacial score (nSPS) is 40.9. The minimum absolute atomic E-state index is 0.0311. The Hall–Kier alpha value is -1.29. The smallest absolute Gasteiger partial charge is 0.241 e. The van der Waals surface area contributed by atoms with E-state index in [9.17, 15) is 14.0 Å². The molecule has 5 rings (SSSR count). The average Bonchev–Trinajstić information content (AvgIpc) is 3.23. The molecule has 0 bridgehead atoms. The van der Waals surface area contributed by atoms with E-state index in [4.69, 9.17) is 4.74 Å². The van der Waals surface area contributed by atoms with E-state index in [1.54, 1.807) is 7.11 Å². The van der Waals surface area contributed by atoms with Crippen LogP contribution >= 0.6 is 0 Å². The van der Waals surface area contributed by atoms with Crippen molar-refractivity contribution in [2.24, 2.45) is 11.8 Å². The van der Waals surface area contributed by atoms with Gasteiger partial charge in [0.1, 0.15) is 12.2 Å². The fourth-order valence-corrected chi connectivity index (χ4v) is 6.41. The molecule has 3 heterocycles. The van der Waals surface area contributed by atoms with Crippen LogP contribution in [-0.4, -0.2) is 91.3 Å². The van der Waals surface area contributed by atoms with E-state index in [0.717, 1.165) is 38.5 Å². The number of hydrogen-bond acceptors (Lipinski definition) is 6. The van der Waals surface area contributed by atoms with Gasteiger partial charge in [-0.1, -0.05) is 6.42 Å². The van der Waals surface area contributed by atoms with Crippen molar-refractivity contribution in [3.05, 3.63) is 0 Å². The Morgan fingerprint density at radius 3 is 2.74 bits per heavy atom. The molecule has 3 N–H and O–H groups in total. The number of nitrogens with one attached hydrogen (secondary N) is 3. The van der Waals surface area contributed by atoms with E-state index in [1.165, 1.54) is 0 Å². The van der Waals surface area contributed by atoms with Gasteiger partial charge in [-0.3, -0.25) is 20.3 Å². The molecule has 3 aliphatic heterocycles. The molecule has 5 aliphatic rings. The highest BCUT2D eigenvalue weighted by Gasteiger charge is 2.53. The van der Waals surface area contributed by atoms with Crippen molar-refractivity contribution < 1.29 is 18.7 Å². The summed E-state index contributed by atoms with van der Waals surface area (Å²) in [6.45, 7) is 1.78. The number of fused-ring (bicyclic) bond motifs is 2. The van der Waals surface area contributed by atoms with Crippen molar-refractivity contribution in [3.63, 3.8) is 0 Å². The van der Waals surface area contributed by atoms with Crippen LogP contribution in [0.1, 0.15) is 44.9 Å². The van der Waals surface area contributed by atoms with Gasteiger partial charge in [0, 0.05) is 45.2 Å². The van der Waals surface area contributed by atoms with Crippen LogP contribution in [0.15, 0.2) is 0 Å². The number of rotatable bonds is 5. The Kier molecular flexibility index (Phi) is 5.73. The Morgan fingerprint density at radius 1 is 1.23 bits per heavy atom. The molecule has 3 saturated heterocycles. The Bertz CT molecular complexity index is 719. The maximum atomic E-state index is 14.3. The lowest BCUT2D eigenvalue weighted by Crippen LogP contribution is -2.56. The van der Waals surface area contributed by atoms with Crippen molar-refractivity contribution >= 4 is 11.8 Å². The number of carbonyl (C=O) groups excluding carboxylic acids is 2. The first kappa shape index (κ1) is 21.6. The second-order valence-corrected chi connectivity index (χ2v) is 10.4. The number of likely N-dealkylation sites (tertiary alicyclic amines) is 1. The summed E-state index contributed by atoms with van der Waals surface area (Å²) in [7, 11) is 3.54. The molecule has 0 aromatic rings. The summed E-state index contributed by atoms with van der Waals surface area (Å²) >= 11 is 0. The maximum absolute atomic E-state index is 14.3. The zero-order chi connectivity index (χ0) is 21.8. The van der Waals surface area contributed by atoms with Crippen molar-refractivity contribution in [1.29, 1.82) is 0 Å². The van der Waals surface area contributed by atoms with E-state index < -0.39 is 6.17 Å². The van der Waals surface area contributed by atoms with E-state index in [0.29, 0.717) is 26.1 Å². The van der Waals surface area contributed by atoms with Gasteiger partial charge < -0.3 is 14.5 Å². The van der Waals surface area contributed by atoms with E-state index in [1.807, 2.05) is 16.8 Å². The average molecular weight is 438 g/mol. The molecular weight excluding hydrogens is 401 g/mol. The molecule has 2 amide bonds. The summed E-state index contributed by atoms with van der Waals surface area (Å²) in [6, 6.07) is -0.639. The first-order valence-electron chi connectivity index (χ1n) is 11.9. The lowest BCUT2D eigenvalue weighted by atomic mass is 9.83. The molecule has 0 aromatic carbocycles. The number of nitrogens with zero attached hydrogens (tertiary/aromatic N) is 2. The van der Waals surface area contributed by atoms with Crippen molar-refractivity contribution in [1.82, 2.24) is 26.0 Å². The third-order valence-corrected chi connectivity index (χ3v) is 8.55. The number of halogens is 1. The topological polar surface area (TPSA) is 85.9 Å². The molecule has 8 nitrogen and oxygen atoms in total. The SMILES string of the molecule is COCC1(N(C)C(=O)C2NNC3CCN(C(=O)C4CC5CCCC(F)C5N4)CC32)CC1. The first-order chi connectivity index (χ1) is 14.9. The van der Waals surface area contributed by atoms with Crippen LogP contribution < -0.4 is 16.2 Å². The molecule has 2 aliphatic carbocycles. The van der Waals surface area contributed by atoms with E-state index in [-0.39, 0.29) is 53.4 Å². The molecule has 5 fully saturated rings. The van der Waals surface area contributed by atoms with Crippen LogP contribution in [-0.2, 0) is 14.3 Å². The molecule has 0 spiro atoms. The van der Waals surface area contributed by atoms with Crippen molar-refractivity contribution in [2.45, 2.75) is 80.8 Å². The summed E-state index contributed by atoms with van der Waals surface area (Å²) in [4.78, 5) is 30.4. The molecule has 0 aromatic heterocycles. The van der Waals surface area contributed by atoms with Gasteiger partial charge in [0.25, 0.3) is 0 Å².